The number of carbonyl (C=O) groups excluding carboxylic acids is 4. The van der Waals surface area contributed by atoms with E-state index in [4.69, 9.17) is 4.74 Å². The first kappa shape index (κ1) is 19.2. The molecular weight excluding hydrogens is 406 g/mol. The molecule has 3 aliphatic heterocycles. The van der Waals surface area contributed by atoms with Gasteiger partial charge in [0.05, 0.1) is 23.0 Å². The van der Waals surface area contributed by atoms with Crippen molar-refractivity contribution in [1.29, 1.82) is 0 Å². The predicted molar refractivity (Wildman–Crippen MR) is 96.1 cm³/mol. The second-order valence-corrected chi connectivity index (χ2v) is 8.61. The lowest BCUT2D eigenvalue weighted by Gasteiger charge is -2.46. The Bertz CT molecular complexity index is 933. The van der Waals surface area contributed by atoms with E-state index in [-0.39, 0.29) is 11.1 Å². The molecule has 29 heavy (non-hydrogen) atoms. The zero-order chi connectivity index (χ0) is 21.1. The summed E-state index contributed by atoms with van der Waals surface area (Å²) in [6, 6.07) is 3.98. The Morgan fingerprint density at radius 3 is 2.34 bits per heavy atom. The molecule has 3 amide bonds. The van der Waals surface area contributed by atoms with E-state index in [9.17, 15) is 29.3 Å². The van der Waals surface area contributed by atoms with Gasteiger partial charge in [0.15, 0.2) is 0 Å². The molecule has 3 heterocycles. The summed E-state index contributed by atoms with van der Waals surface area (Å²) in [4.78, 5) is 68.0. The van der Waals surface area contributed by atoms with E-state index >= 15 is 0 Å². The Labute approximate surface area is 168 Å². The second-order valence-electron chi connectivity index (χ2n) is 6.96. The highest BCUT2D eigenvalue weighted by atomic mass is 32.2. The number of carbonyl (C=O) groups is 4. The Hall–Kier alpha value is -3.15. The fourth-order valence-corrected chi connectivity index (χ4v) is 5.68. The maximum atomic E-state index is 12.9. The van der Waals surface area contributed by atoms with Crippen LogP contribution in [-0.2, 0) is 19.2 Å². The zero-order valence-corrected chi connectivity index (χ0v) is 16.1. The molecule has 1 aromatic carbocycles. The average molecular weight is 421 g/mol. The maximum Gasteiger partial charge on any atom is 0.330 e. The Morgan fingerprint density at radius 1 is 1.24 bits per heavy atom. The van der Waals surface area contributed by atoms with Gasteiger partial charge in [-0.3, -0.25) is 19.3 Å². The molecule has 4 rings (SSSR count). The van der Waals surface area contributed by atoms with E-state index in [1.165, 1.54) is 24.0 Å². The monoisotopic (exact) mass is 421 g/mol. The first-order valence-electron chi connectivity index (χ1n) is 8.53. The Balaban J connectivity index is 1.66. The summed E-state index contributed by atoms with van der Waals surface area (Å²) in [5.41, 5.74) is 0.409. The molecule has 0 bridgehead atoms. The van der Waals surface area contributed by atoms with Gasteiger partial charge in [-0.05, 0) is 19.1 Å². The number of imide groups is 1. The Kier molecular flexibility index (Phi) is 4.26. The van der Waals surface area contributed by atoms with Gasteiger partial charge in [-0.25, -0.2) is 4.79 Å². The van der Waals surface area contributed by atoms with Gasteiger partial charge in [0, 0.05) is 0 Å². The number of methoxy groups -OCH3 is 1. The molecule has 11 nitrogen and oxygen atoms in total. The van der Waals surface area contributed by atoms with Crippen molar-refractivity contribution >= 4 is 35.5 Å². The Morgan fingerprint density at radius 2 is 1.83 bits per heavy atom. The van der Waals surface area contributed by atoms with Crippen molar-refractivity contribution in [2.24, 2.45) is 0 Å². The molecular formula is C17H15N3O8S. The number of rotatable bonds is 5. The number of esters is 1. The zero-order valence-electron chi connectivity index (χ0n) is 15.3. The summed E-state index contributed by atoms with van der Waals surface area (Å²) >= 11 is 1.07. The lowest BCUT2D eigenvalue weighted by atomic mass is 9.94. The summed E-state index contributed by atoms with van der Waals surface area (Å²) in [5, 5.41) is 8.92. The van der Waals surface area contributed by atoms with Crippen LogP contribution in [0.1, 0.15) is 27.6 Å². The summed E-state index contributed by atoms with van der Waals surface area (Å²) in [6.45, 7) is 1.06. The van der Waals surface area contributed by atoms with Gasteiger partial charge in [0.1, 0.15) is 24.1 Å². The topological polar surface area (TPSA) is 136 Å². The second kappa shape index (κ2) is 6.44. The molecule has 152 valence electrons. The molecule has 1 aromatic rings. The van der Waals surface area contributed by atoms with E-state index in [1.807, 2.05) is 0 Å². The molecule has 0 aliphatic carbocycles. The fourth-order valence-electron chi connectivity index (χ4n) is 3.97. The number of ether oxygens (including phenoxy) is 1. The third kappa shape index (κ3) is 2.58. The quantitative estimate of drug-likeness (QED) is 0.213. The van der Waals surface area contributed by atoms with Gasteiger partial charge in [-0.15, -0.1) is 21.9 Å². The van der Waals surface area contributed by atoms with Gasteiger partial charge in [-0.2, -0.15) is 0 Å². The summed E-state index contributed by atoms with van der Waals surface area (Å²) in [6.07, 6.45) is 0. The highest BCUT2D eigenvalue weighted by Gasteiger charge is 2.69. The lowest BCUT2D eigenvalue weighted by molar-refractivity contribution is -0.758. The number of benzene rings is 1. The van der Waals surface area contributed by atoms with Crippen molar-refractivity contribution < 1.29 is 33.8 Å². The molecule has 2 fully saturated rings. The molecule has 4 unspecified atom stereocenters. The van der Waals surface area contributed by atoms with Gasteiger partial charge < -0.3 is 14.5 Å². The van der Waals surface area contributed by atoms with Gasteiger partial charge in [0.2, 0.25) is 0 Å². The molecule has 2 saturated heterocycles. The SMILES string of the molecule is COC(=O)C1N2C(=O)C(N3C(=O)c4ccccc4C3=O)C2SC1(C)CO[N+](=O)[O-]. The van der Waals surface area contributed by atoms with Crippen LogP contribution in [0.15, 0.2) is 24.3 Å². The van der Waals surface area contributed by atoms with Gasteiger partial charge in [-0.1, -0.05) is 12.1 Å². The van der Waals surface area contributed by atoms with Crippen molar-refractivity contribution in [1.82, 2.24) is 9.80 Å². The molecule has 0 saturated carbocycles. The van der Waals surface area contributed by atoms with Crippen molar-refractivity contribution in [3.8, 4) is 0 Å². The summed E-state index contributed by atoms with van der Waals surface area (Å²) < 4.78 is 3.57. The van der Waals surface area contributed by atoms with E-state index in [0.717, 1.165) is 23.8 Å². The highest BCUT2D eigenvalue weighted by molar-refractivity contribution is 8.01. The van der Waals surface area contributed by atoms with Crippen molar-refractivity contribution in [3.63, 3.8) is 0 Å². The largest absolute Gasteiger partial charge is 0.467 e. The molecule has 0 N–H and O–H groups in total. The minimum atomic E-state index is -1.20. The molecule has 0 aromatic heterocycles. The lowest BCUT2D eigenvalue weighted by Crippen LogP contribution is -2.71. The van der Waals surface area contributed by atoms with Gasteiger partial charge in [0.25, 0.3) is 22.8 Å². The normalized spacial score (nSPS) is 30.0. The van der Waals surface area contributed by atoms with Crippen molar-refractivity contribution in [3.05, 3.63) is 45.5 Å². The minimum Gasteiger partial charge on any atom is -0.467 e. The van der Waals surface area contributed by atoms with Crippen LogP contribution in [0.4, 0.5) is 0 Å². The van der Waals surface area contributed by atoms with Crippen LogP contribution < -0.4 is 0 Å². The number of fused-ring (bicyclic) bond motifs is 2. The minimum absolute atomic E-state index is 0.204. The van der Waals surface area contributed by atoms with E-state index in [1.54, 1.807) is 12.1 Å². The molecule has 0 radical (unpaired) electrons. The number of thioether (sulfide) groups is 1. The first-order valence-corrected chi connectivity index (χ1v) is 9.41. The van der Waals surface area contributed by atoms with Crippen molar-refractivity contribution in [2.75, 3.05) is 13.7 Å². The number of hydrogen-bond donors (Lipinski definition) is 0. The number of hydrogen-bond acceptors (Lipinski definition) is 9. The summed E-state index contributed by atoms with van der Waals surface area (Å²) in [5.74, 6) is -2.54. The number of β-lactam (4-membered cyclic amide) rings is 1. The third-order valence-electron chi connectivity index (χ3n) is 5.28. The van der Waals surface area contributed by atoms with Crippen LogP contribution in [0, 0.1) is 10.1 Å². The number of amides is 3. The first-order chi connectivity index (χ1) is 13.7. The van der Waals surface area contributed by atoms with Crippen LogP contribution in [-0.4, -0.2) is 74.5 Å². The fraction of sp³-hybridized carbons (Fsp3) is 0.412. The van der Waals surface area contributed by atoms with Gasteiger partial charge >= 0.3 is 5.97 Å². The van der Waals surface area contributed by atoms with Crippen LogP contribution in [0.2, 0.25) is 0 Å². The van der Waals surface area contributed by atoms with E-state index in [2.05, 4.69) is 4.84 Å². The highest BCUT2D eigenvalue weighted by Crippen LogP contribution is 2.53. The maximum absolute atomic E-state index is 12.9. The smallest absolute Gasteiger partial charge is 0.330 e. The predicted octanol–water partition coefficient (Wildman–Crippen LogP) is 0.0749. The third-order valence-corrected chi connectivity index (χ3v) is 6.89. The average Bonchev–Trinajstić information content (AvgIpc) is 3.11. The van der Waals surface area contributed by atoms with E-state index in [0.29, 0.717) is 0 Å². The number of nitrogens with zero attached hydrogens (tertiary/aromatic N) is 3. The molecule has 0 spiro atoms. The molecule has 3 aliphatic rings. The standard InChI is InChI=1S/C17H15N3O8S/c1-17(7-28-20(25)26)11(16(24)27-2)19-14(23)10(15(19)29-17)18-12(21)8-5-3-4-6-9(8)13(18)22/h3-6,10-11,15H,7H2,1-2H3. The van der Waals surface area contributed by atoms with Crippen LogP contribution in [0.25, 0.3) is 0 Å². The van der Waals surface area contributed by atoms with E-state index < -0.39 is 57.6 Å². The van der Waals surface area contributed by atoms with Crippen LogP contribution >= 0.6 is 11.8 Å². The molecule has 12 heteroatoms. The van der Waals surface area contributed by atoms with Crippen LogP contribution in [0.3, 0.4) is 0 Å². The van der Waals surface area contributed by atoms with Crippen LogP contribution in [0.5, 0.6) is 0 Å². The van der Waals surface area contributed by atoms with Crippen molar-refractivity contribution in [2.45, 2.75) is 29.1 Å². The molecule has 4 atom stereocenters. The summed E-state index contributed by atoms with van der Waals surface area (Å²) in [7, 11) is 1.14.